The molecule has 0 unspecified atom stereocenters. The lowest BCUT2D eigenvalue weighted by Crippen LogP contribution is -2.15. The fraction of sp³-hybridized carbons (Fsp3) is 0.231. The Balaban J connectivity index is 2.35. The Labute approximate surface area is 130 Å². The van der Waals surface area contributed by atoms with Crippen LogP contribution in [0.15, 0.2) is 18.2 Å². The summed E-state index contributed by atoms with van der Waals surface area (Å²) in [7, 11) is 1.50. The van der Waals surface area contributed by atoms with E-state index >= 15 is 0 Å². The van der Waals surface area contributed by atoms with Gasteiger partial charge in [0.15, 0.2) is 0 Å². The van der Waals surface area contributed by atoms with E-state index < -0.39 is 15.8 Å². The molecule has 23 heavy (non-hydrogen) atoms. The number of aryl methyl sites for hydroxylation is 2. The van der Waals surface area contributed by atoms with Gasteiger partial charge in [-0.25, -0.2) is 0 Å². The molecule has 1 aromatic heterocycles. The van der Waals surface area contributed by atoms with Crippen LogP contribution in [0.3, 0.4) is 0 Å². The Hall–Kier alpha value is -3.30. The Morgan fingerprint density at radius 2 is 1.87 bits per heavy atom. The van der Waals surface area contributed by atoms with Crippen LogP contribution < -0.4 is 5.32 Å². The maximum absolute atomic E-state index is 12.3. The van der Waals surface area contributed by atoms with Crippen LogP contribution in [0.5, 0.6) is 0 Å². The summed E-state index contributed by atoms with van der Waals surface area (Å²) in [6.07, 6.45) is 0. The Kier molecular flexibility index (Phi) is 4.08. The van der Waals surface area contributed by atoms with Gasteiger partial charge in [0.05, 0.1) is 9.85 Å². The SMILES string of the molecule is Cc1cc([N+](=O)[O-])ccc1NC(=O)c1nn(C)c(C)c1[N+](=O)[O-]. The first-order valence-corrected chi connectivity index (χ1v) is 6.46. The minimum absolute atomic E-state index is 0.111. The number of benzene rings is 1. The molecule has 10 nitrogen and oxygen atoms in total. The predicted octanol–water partition coefficient (Wildman–Crippen LogP) is 2.11. The molecule has 0 aliphatic heterocycles. The van der Waals surface area contributed by atoms with E-state index in [9.17, 15) is 25.0 Å². The summed E-state index contributed by atoms with van der Waals surface area (Å²) in [4.78, 5) is 32.8. The minimum Gasteiger partial charge on any atom is -0.320 e. The van der Waals surface area contributed by atoms with Crippen LogP contribution in [0.25, 0.3) is 0 Å². The first-order valence-electron chi connectivity index (χ1n) is 6.46. The van der Waals surface area contributed by atoms with Crippen molar-refractivity contribution in [3.63, 3.8) is 0 Å². The number of amides is 1. The van der Waals surface area contributed by atoms with Crippen molar-refractivity contribution in [3.8, 4) is 0 Å². The highest BCUT2D eigenvalue weighted by Crippen LogP contribution is 2.25. The summed E-state index contributed by atoms with van der Waals surface area (Å²) < 4.78 is 1.25. The zero-order chi connectivity index (χ0) is 17.3. The minimum atomic E-state index is -0.752. The highest BCUT2D eigenvalue weighted by atomic mass is 16.6. The molecule has 0 radical (unpaired) electrons. The molecule has 0 aliphatic rings. The number of carbonyl (C=O) groups is 1. The number of anilines is 1. The number of nitrogens with one attached hydrogen (secondary N) is 1. The molecule has 1 N–H and O–H groups in total. The molecule has 120 valence electrons. The molecule has 0 aliphatic carbocycles. The lowest BCUT2D eigenvalue weighted by molar-refractivity contribution is -0.385. The third kappa shape index (κ3) is 3.00. The van der Waals surface area contributed by atoms with E-state index in [0.717, 1.165) is 0 Å². The average molecular weight is 319 g/mol. The Morgan fingerprint density at radius 3 is 2.39 bits per heavy atom. The van der Waals surface area contributed by atoms with Gasteiger partial charge in [0.1, 0.15) is 5.69 Å². The molecule has 0 saturated heterocycles. The van der Waals surface area contributed by atoms with E-state index in [1.54, 1.807) is 6.92 Å². The van der Waals surface area contributed by atoms with Crippen molar-refractivity contribution in [1.29, 1.82) is 0 Å². The lowest BCUT2D eigenvalue weighted by atomic mass is 10.1. The zero-order valence-electron chi connectivity index (χ0n) is 12.6. The summed E-state index contributed by atoms with van der Waals surface area (Å²) in [6, 6.07) is 3.90. The lowest BCUT2D eigenvalue weighted by Gasteiger charge is -2.06. The molecule has 1 amide bonds. The maximum Gasteiger partial charge on any atom is 0.322 e. The molecule has 1 heterocycles. The van der Waals surface area contributed by atoms with Crippen molar-refractivity contribution in [2.24, 2.45) is 7.05 Å². The molecule has 10 heteroatoms. The number of aromatic nitrogens is 2. The number of nitrogens with zero attached hydrogens (tertiary/aromatic N) is 4. The van der Waals surface area contributed by atoms with Gasteiger partial charge in [-0.3, -0.25) is 29.7 Å². The predicted molar refractivity (Wildman–Crippen MR) is 80.4 cm³/mol. The second kappa shape index (κ2) is 5.83. The van der Waals surface area contributed by atoms with Gasteiger partial charge in [-0.15, -0.1) is 0 Å². The van der Waals surface area contributed by atoms with Gasteiger partial charge in [0.25, 0.3) is 11.6 Å². The van der Waals surface area contributed by atoms with Crippen molar-refractivity contribution >= 4 is 23.0 Å². The molecule has 0 saturated carbocycles. The average Bonchev–Trinajstić information content (AvgIpc) is 2.77. The molecular weight excluding hydrogens is 306 g/mol. The molecule has 0 bridgehead atoms. The van der Waals surface area contributed by atoms with Gasteiger partial charge in [0, 0.05) is 24.9 Å². The van der Waals surface area contributed by atoms with Crippen LogP contribution in [-0.4, -0.2) is 25.5 Å². The molecule has 0 atom stereocenters. The van der Waals surface area contributed by atoms with E-state index in [2.05, 4.69) is 10.4 Å². The number of nitro groups is 2. The summed E-state index contributed by atoms with van der Waals surface area (Å²) in [6.45, 7) is 3.07. The van der Waals surface area contributed by atoms with Gasteiger partial charge in [-0.05, 0) is 25.5 Å². The number of carbonyl (C=O) groups excluding carboxylic acids is 1. The first kappa shape index (κ1) is 16.1. The zero-order valence-corrected chi connectivity index (χ0v) is 12.6. The fourth-order valence-corrected chi connectivity index (χ4v) is 2.05. The highest BCUT2D eigenvalue weighted by Gasteiger charge is 2.29. The van der Waals surface area contributed by atoms with Gasteiger partial charge < -0.3 is 5.32 Å². The summed E-state index contributed by atoms with van der Waals surface area (Å²) in [5.41, 5.74) is 0.235. The number of nitro benzene ring substituents is 1. The van der Waals surface area contributed by atoms with E-state index in [4.69, 9.17) is 0 Å². The number of hydrogen-bond donors (Lipinski definition) is 1. The first-order chi connectivity index (χ1) is 10.7. The topological polar surface area (TPSA) is 133 Å². The molecule has 1 aromatic carbocycles. The van der Waals surface area contributed by atoms with Crippen LogP contribution in [0.1, 0.15) is 21.7 Å². The van der Waals surface area contributed by atoms with Crippen LogP contribution in [0.4, 0.5) is 17.1 Å². The second-order valence-electron chi connectivity index (χ2n) is 4.87. The third-order valence-corrected chi connectivity index (χ3v) is 3.37. The third-order valence-electron chi connectivity index (χ3n) is 3.37. The van der Waals surface area contributed by atoms with Crippen molar-refractivity contribution < 1.29 is 14.6 Å². The Morgan fingerprint density at radius 1 is 1.22 bits per heavy atom. The smallest absolute Gasteiger partial charge is 0.320 e. The normalized spacial score (nSPS) is 10.4. The largest absolute Gasteiger partial charge is 0.322 e. The quantitative estimate of drug-likeness (QED) is 0.677. The van der Waals surface area contributed by atoms with Gasteiger partial charge in [-0.2, -0.15) is 5.10 Å². The van der Waals surface area contributed by atoms with E-state index in [-0.39, 0.29) is 22.8 Å². The van der Waals surface area contributed by atoms with Gasteiger partial charge >= 0.3 is 5.69 Å². The number of rotatable bonds is 4. The van der Waals surface area contributed by atoms with E-state index in [1.807, 2.05) is 0 Å². The maximum atomic E-state index is 12.3. The molecule has 0 spiro atoms. The highest BCUT2D eigenvalue weighted by molar-refractivity contribution is 6.06. The number of non-ortho nitro benzene ring substituents is 1. The molecule has 2 aromatic rings. The monoisotopic (exact) mass is 319 g/mol. The summed E-state index contributed by atoms with van der Waals surface area (Å²) in [5, 5.41) is 28.1. The van der Waals surface area contributed by atoms with Gasteiger partial charge in [-0.1, -0.05) is 0 Å². The van der Waals surface area contributed by atoms with Crippen molar-refractivity contribution in [3.05, 3.63) is 55.4 Å². The van der Waals surface area contributed by atoms with Crippen molar-refractivity contribution in [1.82, 2.24) is 9.78 Å². The second-order valence-corrected chi connectivity index (χ2v) is 4.87. The molecular formula is C13H13N5O5. The van der Waals surface area contributed by atoms with E-state index in [1.165, 1.54) is 36.9 Å². The van der Waals surface area contributed by atoms with Crippen LogP contribution in [-0.2, 0) is 7.05 Å². The number of hydrogen-bond acceptors (Lipinski definition) is 6. The van der Waals surface area contributed by atoms with Crippen LogP contribution in [0, 0.1) is 34.1 Å². The molecule has 0 fully saturated rings. The van der Waals surface area contributed by atoms with Crippen LogP contribution in [0.2, 0.25) is 0 Å². The summed E-state index contributed by atoms with van der Waals surface area (Å²) in [5.74, 6) is -0.752. The molecule has 2 rings (SSSR count). The van der Waals surface area contributed by atoms with Gasteiger partial charge in [0.2, 0.25) is 5.69 Å². The fourth-order valence-electron chi connectivity index (χ4n) is 2.05. The standard InChI is InChI=1S/C13H13N5O5/c1-7-6-9(17(20)21)4-5-10(7)14-13(19)11-12(18(22)23)8(2)16(3)15-11/h4-6H,1-3H3,(H,14,19). The van der Waals surface area contributed by atoms with Crippen molar-refractivity contribution in [2.75, 3.05) is 5.32 Å². The van der Waals surface area contributed by atoms with Crippen LogP contribution >= 0.6 is 0 Å². The van der Waals surface area contributed by atoms with Crippen molar-refractivity contribution in [2.45, 2.75) is 13.8 Å². The van der Waals surface area contributed by atoms with E-state index in [0.29, 0.717) is 11.3 Å². The Bertz CT molecular complexity index is 826. The summed E-state index contributed by atoms with van der Waals surface area (Å²) >= 11 is 0.